The molecule has 0 bridgehead atoms. The van der Waals surface area contributed by atoms with Crippen LogP contribution < -0.4 is 5.32 Å². The summed E-state index contributed by atoms with van der Waals surface area (Å²) in [6.45, 7) is 3.40. The second-order valence-electron chi connectivity index (χ2n) is 6.75. The van der Waals surface area contributed by atoms with Gasteiger partial charge in [-0.05, 0) is 31.7 Å². The standard InChI is InChI=1S/C20H21N5O/c1-13-7-6-10-17(21-13)22-20(26)18-16-12-24(2)11-14-8-4-5-9-15(14)19(16)25(3)23-18/h4-10H,11-12H2,1-3H3,(H,21,22,26). The molecule has 1 N–H and O–H groups in total. The number of nitrogens with one attached hydrogen (secondary N) is 1. The molecule has 26 heavy (non-hydrogen) atoms. The molecule has 0 saturated heterocycles. The van der Waals surface area contributed by atoms with E-state index >= 15 is 0 Å². The Bertz CT molecular complexity index is 992. The molecule has 6 nitrogen and oxygen atoms in total. The summed E-state index contributed by atoms with van der Waals surface area (Å²) < 4.78 is 1.81. The highest BCUT2D eigenvalue weighted by atomic mass is 16.2. The summed E-state index contributed by atoms with van der Waals surface area (Å²) in [6, 6.07) is 13.9. The molecular weight excluding hydrogens is 326 g/mol. The maximum absolute atomic E-state index is 12.9. The highest BCUT2D eigenvalue weighted by Crippen LogP contribution is 2.33. The summed E-state index contributed by atoms with van der Waals surface area (Å²) >= 11 is 0. The molecule has 2 aromatic heterocycles. The van der Waals surface area contributed by atoms with E-state index in [-0.39, 0.29) is 5.91 Å². The number of aromatic nitrogens is 3. The second kappa shape index (κ2) is 6.38. The summed E-state index contributed by atoms with van der Waals surface area (Å²) in [4.78, 5) is 19.4. The van der Waals surface area contributed by atoms with Crippen LogP contribution in [0.2, 0.25) is 0 Å². The molecular formula is C20H21N5O. The average Bonchev–Trinajstić information content (AvgIpc) is 2.83. The van der Waals surface area contributed by atoms with Gasteiger partial charge in [-0.2, -0.15) is 5.10 Å². The van der Waals surface area contributed by atoms with Crippen LogP contribution in [0.5, 0.6) is 0 Å². The minimum atomic E-state index is -0.229. The number of carbonyl (C=O) groups excluding carboxylic acids is 1. The van der Waals surface area contributed by atoms with Crippen LogP contribution in [0.4, 0.5) is 5.82 Å². The summed E-state index contributed by atoms with van der Waals surface area (Å²) in [7, 11) is 3.95. The largest absolute Gasteiger partial charge is 0.305 e. The van der Waals surface area contributed by atoms with Crippen LogP contribution in [0.25, 0.3) is 11.3 Å². The highest BCUT2D eigenvalue weighted by Gasteiger charge is 2.27. The molecule has 0 aliphatic carbocycles. The summed E-state index contributed by atoms with van der Waals surface area (Å²) in [5.41, 5.74) is 5.64. The third kappa shape index (κ3) is 2.88. The van der Waals surface area contributed by atoms with Crippen LogP contribution in [0.1, 0.15) is 27.3 Å². The van der Waals surface area contributed by atoms with Gasteiger partial charge < -0.3 is 5.32 Å². The number of pyridine rings is 1. The van der Waals surface area contributed by atoms with Gasteiger partial charge in [-0.15, -0.1) is 0 Å². The number of fused-ring (bicyclic) bond motifs is 3. The van der Waals surface area contributed by atoms with Crippen molar-refractivity contribution < 1.29 is 4.79 Å². The summed E-state index contributed by atoms with van der Waals surface area (Å²) in [6.07, 6.45) is 0. The Kier molecular flexibility index (Phi) is 4.05. The molecule has 0 fully saturated rings. The smallest absolute Gasteiger partial charge is 0.277 e. The Balaban J connectivity index is 1.77. The molecule has 3 heterocycles. The van der Waals surface area contributed by atoms with E-state index in [1.807, 2.05) is 42.9 Å². The van der Waals surface area contributed by atoms with Gasteiger partial charge in [-0.1, -0.05) is 30.3 Å². The van der Waals surface area contributed by atoms with Crippen LogP contribution in [-0.4, -0.2) is 32.6 Å². The highest BCUT2D eigenvalue weighted by molar-refractivity contribution is 6.04. The molecule has 132 valence electrons. The van der Waals surface area contributed by atoms with Gasteiger partial charge in [0.05, 0.1) is 5.69 Å². The fourth-order valence-corrected chi connectivity index (χ4v) is 3.53. The predicted molar refractivity (Wildman–Crippen MR) is 101 cm³/mol. The number of anilines is 1. The normalized spacial score (nSPS) is 13.7. The zero-order valence-corrected chi connectivity index (χ0v) is 15.2. The number of nitrogens with zero attached hydrogens (tertiary/aromatic N) is 4. The molecule has 1 aromatic carbocycles. The number of amides is 1. The minimum absolute atomic E-state index is 0.229. The van der Waals surface area contributed by atoms with E-state index in [4.69, 9.17) is 0 Å². The number of benzene rings is 1. The lowest BCUT2D eigenvalue weighted by Gasteiger charge is -2.14. The van der Waals surface area contributed by atoms with Gasteiger partial charge in [-0.25, -0.2) is 4.98 Å². The topological polar surface area (TPSA) is 63.1 Å². The van der Waals surface area contributed by atoms with Gasteiger partial charge >= 0.3 is 0 Å². The molecule has 0 saturated carbocycles. The first-order valence-corrected chi connectivity index (χ1v) is 8.60. The Morgan fingerprint density at radius 3 is 2.69 bits per heavy atom. The lowest BCUT2D eigenvalue weighted by molar-refractivity contribution is 0.101. The van der Waals surface area contributed by atoms with Gasteiger partial charge in [0.2, 0.25) is 0 Å². The van der Waals surface area contributed by atoms with Crippen LogP contribution in [0.3, 0.4) is 0 Å². The van der Waals surface area contributed by atoms with Crippen LogP contribution in [-0.2, 0) is 20.1 Å². The summed E-state index contributed by atoms with van der Waals surface area (Å²) in [5.74, 6) is 0.310. The Morgan fingerprint density at radius 2 is 1.88 bits per heavy atom. The van der Waals surface area contributed by atoms with Crippen molar-refractivity contribution in [3.05, 3.63) is 65.0 Å². The zero-order chi connectivity index (χ0) is 18.3. The number of hydrogen-bond donors (Lipinski definition) is 1. The van der Waals surface area contributed by atoms with Crippen LogP contribution >= 0.6 is 0 Å². The molecule has 0 unspecified atom stereocenters. The zero-order valence-electron chi connectivity index (χ0n) is 15.2. The van der Waals surface area contributed by atoms with Crippen molar-refractivity contribution in [3.63, 3.8) is 0 Å². The molecule has 1 amide bonds. The lowest BCUT2D eigenvalue weighted by atomic mass is 10.0. The Hall–Kier alpha value is -2.99. The first kappa shape index (κ1) is 16.5. The minimum Gasteiger partial charge on any atom is -0.305 e. The van der Waals surface area contributed by atoms with E-state index < -0.39 is 0 Å². The third-order valence-electron chi connectivity index (χ3n) is 4.63. The third-order valence-corrected chi connectivity index (χ3v) is 4.63. The van der Waals surface area contributed by atoms with Crippen molar-refractivity contribution in [1.29, 1.82) is 0 Å². The van der Waals surface area contributed by atoms with Crippen molar-refractivity contribution in [2.24, 2.45) is 7.05 Å². The quantitative estimate of drug-likeness (QED) is 0.774. The molecule has 1 aliphatic rings. The van der Waals surface area contributed by atoms with Crippen molar-refractivity contribution in [2.75, 3.05) is 12.4 Å². The van der Waals surface area contributed by atoms with E-state index in [2.05, 4.69) is 39.5 Å². The summed E-state index contributed by atoms with van der Waals surface area (Å²) in [5, 5.41) is 7.41. The lowest BCUT2D eigenvalue weighted by Crippen LogP contribution is -2.20. The van der Waals surface area contributed by atoms with Crippen LogP contribution in [0, 0.1) is 6.92 Å². The number of carbonyl (C=O) groups is 1. The maximum atomic E-state index is 12.9. The molecule has 1 aliphatic heterocycles. The van der Waals surface area contributed by atoms with Crippen molar-refractivity contribution in [3.8, 4) is 11.3 Å². The van der Waals surface area contributed by atoms with Gasteiger partial charge in [0.25, 0.3) is 5.91 Å². The SMILES string of the molecule is Cc1cccc(NC(=O)c2nn(C)c3c2CN(C)Cc2ccccc2-3)n1. The maximum Gasteiger partial charge on any atom is 0.277 e. The molecule has 4 rings (SSSR count). The van der Waals surface area contributed by atoms with Gasteiger partial charge in [0.1, 0.15) is 5.82 Å². The van der Waals surface area contributed by atoms with Crippen molar-refractivity contribution in [1.82, 2.24) is 19.7 Å². The Morgan fingerprint density at radius 1 is 1.08 bits per heavy atom. The van der Waals surface area contributed by atoms with Crippen LogP contribution in [0.15, 0.2) is 42.5 Å². The fraction of sp³-hybridized carbons (Fsp3) is 0.250. The van der Waals surface area contributed by atoms with Gasteiger partial charge in [0.15, 0.2) is 5.69 Å². The second-order valence-corrected chi connectivity index (χ2v) is 6.75. The first-order chi connectivity index (χ1) is 12.5. The monoisotopic (exact) mass is 347 g/mol. The Labute approximate surface area is 152 Å². The molecule has 6 heteroatoms. The number of hydrogen-bond acceptors (Lipinski definition) is 4. The molecule has 0 radical (unpaired) electrons. The fourth-order valence-electron chi connectivity index (χ4n) is 3.53. The molecule has 0 spiro atoms. The average molecular weight is 347 g/mol. The van der Waals surface area contributed by atoms with E-state index in [0.717, 1.165) is 29.1 Å². The van der Waals surface area contributed by atoms with Gasteiger partial charge in [0, 0.05) is 37.0 Å². The number of aryl methyl sites for hydroxylation is 2. The van der Waals surface area contributed by atoms with E-state index in [9.17, 15) is 4.79 Å². The van der Waals surface area contributed by atoms with Crippen molar-refractivity contribution in [2.45, 2.75) is 20.0 Å². The van der Waals surface area contributed by atoms with E-state index in [0.29, 0.717) is 18.1 Å². The van der Waals surface area contributed by atoms with Gasteiger partial charge in [-0.3, -0.25) is 14.4 Å². The van der Waals surface area contributed by atoms with E-state index in [1.165, 1.54) is 5.56 Å². The molecule has 0 atom stereocenters. The first-order valence-electron chi connectivity index (χ1n) is 8.60. The number of rotatable bonds is 2. The van der Waals surface area contributed by atoms with Crippen molar-refractivity contribution >= 4 is 11.7 Å². The van der Waals surface area contributed by atoms with E-state index in [1.54, 1.807) is 6.07 Å². The predicted octanol–water partition coefficient (Wildman–Crippen LogP) is 2.99. The molecule has 3 aromatic rings.